The van der Waals surface area contributed by atoms with E-state index in [0.717, 1.165) is 12.2 Å². The van der Waals surface area contributed by atoms with Crippen molar-refractivity contribution in [3.63, 3.8) is 0 Å². The third-order valence-electron chi connectivity index (χ3n) is 5.44. The zero-order valence-corrected chi connectivity index (χ0v) is 13.3. The minimum absolute atomic E-state index is 0.615. The minimum atomic E-state index is -6.43. The van der Waals surface area contributed by atoms with Crippen molar-refractivity contribution < 1.29 is 62.9 Å². The Morgan fingerprint density at radius 3 is 1.39 bits per heavy atom. The molecule has 0 heterocycles. The summed E-state index contributed by atoms with van der Waals surface area (Å²) < 4.78 is 156. The molecule has 0 aromatic carbocycles. The first kappa shape index (κ1) is 23.1. The Balaban J connectivity index is 2.59. The van der Waals surface area contributed by atoms with E-state index in [1.165, 1.54) is 0 Å². The number of fused-ring (bicyclic) bond motifs is 2. The Morgan fingerprint density at radius 2 is 1.04 bits per heavy atom. The summed E-state index contributed by atoms with van der Waals surface area (Å²) in [4.78, 5) is 0. The average Bonchev–Trinajstić information content (AvgIpc) is 3.02. The van der Waals surface area contributed by atoms with E-state index in [-0.39, 0.29) is 0 Å². The highest BCUT2D eigenvalue weighted by Crippen LogP contribution is 2.63. The number of hydrogen-bond donors (Lipinski definition) is 2. The van der Waals surface area contributed by atoms with E-state index in [1.54, 1.807) is 0 Å². The largest absolute Gasteiger partial charge is 0.426 e. The highest BCUT2D eigenvalue weighted by Gasteiger charge is 2.79. The van der Waals surface area contributed by atoms with Gasteiger partial charge in [0, 0.05) is 5.92 Å². The first-order valence-corrected chi connectivity index (χ1v) is 7.58. The average molecular weight is 440 g/mol. The lowest BCUT2D eigenvalue weighted by molar-refractivity contribution is -0.398. The van der Waals surface area contributed by atoms with Gasteiger partial charge in [0.2, 0.25) is 0 Å². The fourth-order valence-corrected chi connectivity index (χ4v) is 4.09. The Bertz CT molecular complexity index is 598. The topological polar surface area (TPSA) is 40.5 Å². The Labute approximate surface area is 148 Å². The SMILES string of the molecule is OC(CC1C2C=CC(C2)C1C(O)(C(F)(F)F)C(F)(F)F)(C(F)(F)F)C(F)(F)F. The Kier molecular flexibility index (Phi) is 5.08. The molecule has 0 spiro atoms. The minimum Gasteiger partial charge on any atom is -0.374 e. The molecule has 14 heteroatoms. The highest BCUT2D eigenvalue weighted by molar-refractivity contribution is 5.21. The molecule has 0 radical (unpaired) electrons. The van der Waals surface area contributed by atoms with E-state index in [9.17, 15) is 62.9 Å². The molecule has 0 aromatic rings. The number of aliphatic hydroxyl groups is 2. The molecule has 0 aromatic heterocycles. The second-order valence-corrected chi connectivity index (χ2v) is 6.96. The molecule has 1 fully saturated rings. The molecule has 2 nitrogen and oxygen atoms in total. The van der Waals surface area contributed by atoms with Crippen molar-refractivity contribution >= 4 is 0 Å². The van der Waals surface area contributed by atoms with Crippen LogP contribution in [-0.2, 0) is 0 Å². The lowest BCUT2D eigenvalue weighted by Gasteiger charge is -2.45. The van der Waals surface area contributed by atoms with Crippen LogP contribution in [0.1, 0.15) is 12.8 Å². The van der Waals surface area contributed by atoms with Crippen LogP contribution in [0.2, 0.25) is 0 Å². The number of alkyl halides is 12. The molecule has 2 rings (SSSR count). The van der Waals surface area contributed by atoms with Crippen molar-refractivity contribution in [3.05, 3.63) is 12.2 Å². The summed E-state index contributed by atoms with van der Waals surface area (Å²) in [7, 11) is 0. The van der Waals surface area contributed by atoms with Gasteiger partial charge in [-0.2, -0.15) is 52.7 Å². The zero-order valence-electron chi connectivity index (χ0n) is 13.3. The fourth-order valence-electron chi connectivity index (χ4n) is 4.09. The Hall–Kier alpha value is -1.18. The van der Waals surface area contributed by atoms with Gasteiger partial charge in [-0.1, -0.05) is 12.2 Å². The molecule has 4 unspecified atom stereocenters. The number of allylic oxidation sites excluding steroid dienone is 2. The van der Waals surface area contributed by atoms with Crippen molar-refractivity contribution in [1.29, 1.82) is 0 Å². The van der Waals surface area contributed by atoms with E-state index >= 15 is 0 Å². The summed E-state index contributed by atoms with van der Waals surface area (Å²) in [5.74, 6) is -8.98. The standard InChI is InChI=1S/C14H12F12O2/c15-11(16,17)9(27,12(18,19)20)4-7-5-1-2-6(3-5)8(7)10(28,13(21,22)23)14(24,25)26/h1-2,5-8,27-28H,3-4H2. The zero-order chi connectivity index (χ0) is 22.1. The second kappa shape index (κ2) is 6.16. The molecule has 28 heavy (non-hydrogen) atoms. The molecule has 0 amide bonds. The third-order valence-corrected chi connectivity index (χ3v) is 5.44. The number of halogens is 12. The molecule has 1 saturated carbocycles. The monoisotopic (exact) mass is 440 g/mol. The van der Waals surface area contributed by atoms with Gasteiger partial charge in [-0.15, -0.1) is 0 Å². The Morgan fingerprint density at radius 1 is 0.643 bits per heavy atom. The van der Waals surface area contributed by atoms with E-state index in [4.69, 9.17) is 0 Å². The molecular weight excluding hydrogens is 428 g/mol. The molecule has 0 saturated heterocycles. The molecule has 4 atom stereocenters. The maximum atomic E-state index is 13.1. The van der Waals surface area contributed by atoms with Crippen LogP contribution < -0.4 is 0 Å². The molecule has 2 N–H and O–H groups in total. The quantitative estimate of drug-likeness (QED) is 0.501. The third kappa shape index (κ3) is 3.15. The van der Waals surface area contributed by atoms with Crippen LogP contribution in [0, 0.1) is 23.7 Å². The van der Waals surface area contributed by atoms with Gasteiger partial charge in [0.05, 0.1) is 0 Å². The summed E-state index contributed by atoms with van der Waals surface area (Å²) >= 11 is 0. The summed E-state index contributed by atoms with van der Waals surface area (Å²) in [6.45, 7) is 0. The van der Waals surface area contributed by atoms with Crippen LogP contribution in [-0.4, -0.2) is 46.1 Å². The molecule has 164 valence electrons. The van der Waals surface area contributed by atoms with Gasteiger partial charge in [0.15, 0.2) is 0 Å². The van der Waals surface area contributed by atoms with Gasteiger partial charge in [0.25, 0.3) is 11.2 Å². The van der Waals surface area contributed by atoms with E-state index in [0.29, 0.717) is 0 Å². The molecule has 2 aliphatic carbocycles. The van der Waals surface area contributed by atoms with Crippen molar-refractivity contribution in [2.45, 2.75) is 48.7 Å². The van der Waals surface area contributed by atoms with Crippen molar-refractivity contribution in [2.75, 3.05) is 0 Å². The van der Waals surface area contributed by atoms with Crippen LogP contribution >= 0.6 is 0 Å². The second-order valence-electron chi connectivity index (χ2n) is 6.96. The predicted octanol–water partition coefficient (Wildman–Crippen LogP) is 4.53. The summed E-state index contributed by atoms with van der Waals surface area (Å²) in [6, 6.07) is 0. The smallest absolute Gasteiger partial charge is 0.374 e. The van der Waals surface area contributed by atoms with Crippen molar-refractivity contribution in [2.24, 2.45) is 23.7 Å². The molecular formula is C14H12F12O2. The van der Waals surface area contributed by atoms with Crippen LogP contribution in [0.15, 0.2) is 12.2 Å². The van der Waals surface area contributed by atoms with E-state index in [2.05, 4.69) is 0 Å². The maximum Gasteiger partial charge on any atom is 0.426 e. The predicted molar refractivity (Wildman–Crippen MR) is 66.5 cm³/mol. The van der Waals surface area contributed by atoms with Gasteiger partial charge in [-0.3, -0.25) is 0 Å². The number of hydrogen-bond acceptors (Lipinski definition) is 2. The lowest BCUT2D eigenvalue weighted by atomic mass is 9.67. The summed E-state index contributed by atoms with van der Waals surface area (Å²) in [5.41, 5.74) is -11.1. The summed E-state index contributed by atoms with van der Waals surface area (Å²) in [5, 5.41) is 18.8. The number of rotatable bonds is 3. The first-order valence-electron chi connectivity index (χ1n) is 7.58. The van der Waals surface area contributed by atoms with Crippen LogP contribution in [0.4, 0.5) is 52.7 Å². The normalized spacial score (nSPS) is 29.6. The van der Waals surface area contributed by atoms with Gasteiger partial charge >= 0.3 is 24.7 Å². The van der Waals surface area contributed by atoms with Gasteiger partial charge in [-0.25, -0.2) is 0 Å². The van der Waals surface area contributed by atoms with E-state index in [1.807, 2.05) is 0 Å². The van der Waals surface area contributed by atoms with E-state index < -0.39 is 72.4 Å². The van der Waals surface area contributed by atoms with Crippen molar-refractivity contribution in [1.82, 2.24) is 0 Å². The summed E-state index contributed by atoms with van der Waals surface area (Å²) in [6.07, 6.45) is -27.1. The molecule has 2 aliphatic rings. The molecule has 0 aliphatic heterocycles. The highest BCUT2D eigenvalue weighted by atomic mass is 19.4. The van der Waals surface area contributed by atoms with Gasteiger partial charge < -0.3 is 10.2 Å². The maximum absolute atomic E-state index is 13.1. The fraction of sp³-hybridized carbons (Fsp3) is 0.857. The van der Waals surface area contributed by atoms with Gasteiger partial charge in [0.1, 0.15) is 0 Å². The van der Waals surface area contributed by atoms with Crippen LogP contribution in [0.25, 0.3) is 0 Å². The van der Waals surface area contributed by atoms with Crippen LogP contribution in [0.5, 0.6) is 0 Å². The van der Waals surface area contributed by atoms with Crippen molar-refractivity contribution in [3.8, 4) is 0 Å². The lowest BCUT2D eigenvalue weighted by Crippen LogP contribution is -2.65. The van der Waals surface area contributed by atoms with Gasteiger partial charge in [-0.05, 0) is 30.6 Å². The van der Waals surface area contributed by atoms with Crippen LogP contribution in [0.3, 0.4) is 0 Å². The first-order chi connectivity index (χ1) is 12.2. The molecule has 2 bridgehead atoms.